The van der Waals surface area contributed by atoms with Crippen LogP contribution in [0.4, 0.5) is 4.79 Å². The third-order valence-electron chi connectivity index (χ3n) is 6.80. The van der Waals surface area contributed by atoms with E-state index < -0.39 is 17.5 Å². The number of amides is 3. The highest BCUT2D eigenvalue weighted by molar-refractivity contribution is 6.07. The Kier molecular flexibility index (Phi) is 5.19. The van der Waals surface area contributed by atoms with E-state index in [4.69, 9.17) is 4.74 Å². The molecule has 1 saturated heterocycles. The maximum absolute atomic E-state index is 13.1. The first-order valence-corrected chi connectivity index (χ1v) is 11.7. The standard InChI is InChI=1S/C28H23N5O4/c1-37-23-11-6-20-15-33(25(34)24(20)14-23)16-28(26(35)30-27(36)31-28)21-7-2-18(3-8-21)19-4-9-22(10-5-19)32-13-12-29-17-32/h2-15,17,34H,16H2,1H3,(H2,30,31,35,36)/t28-/m0/s1. The summed E-state index contributed by atoms with van der Waals surface area (Å²) in [4.78, 5) is 29.5. The van der Waals surface area contributed by atoms with Crippen molar-refractivity contribution in [1.82, 2.24) is 24.8 Å². The molecule has 37 heavy (non-hydrogen) atoms. The molecular weight excluding hydrogens is 470 g/mol. The summed E-state index contributed by atoms with van der Waals surface area (Å²) in [6.07, 6.45) is 7.10. The van der Waals surface area contributed by atoms with Crippen LogP contribution >= 0.6 is 0 Å². The second kappa shape index (κ2) is 8.56. The molecule has 0 unspecified atom stereocenters. The quantitative estimate of drug-likeness (QED) is 0.310. The van der Waals surface area contributed by atoms with E-state index in [-0.39, 0.29) is 12.4 Å². The molecule has 3 heterocycles. The number of imidazole rings is 1. The molecule has 3 aromatic carbocycles. The van der Waals surface area contributed by atoms with Gasteiger partial charge in [0.2, 0.25) is 0 Å². The van der Waals surface area contributed by atoms with E-state index in [0.29, 0.717) is 16.7 Å². The van der Waals surface area contributed by atoms with Crippen LogP contribution in [-0.2, 0) is 16.9 Å². The van der Waals surface area contributed by atoms with Crippen molar-refractivity contribution in [3.63, 3.8) is 0 Å². The highest BCUT2D eigenvalue weighted by Crippen LogP contribution is 2.35. The zero-order chi connectivity index (χ0) is 25.6. The summed E-state index contributed by atoms with van der Waals surface area (Å²) < 4.78 is 8.76. The van der Waals surface area contributed by atoms with E-state index in [9.17, 15) is 14.7 Å². The number of carbonyl (C=O) groups is 2. The Morgan fingerprint density at radius 2 is 1.73 bits per heavy atom. The molecule has 6 rings (SSSR count). The number of aromatic nitrogens is 3. The number of nitrogens with zero attached hydrogens (tertiary/aromatic N) is 3. The summed E-state index contributed by atoms with van der Waals surface area (Å²) in [5, 5.41) is 17.4. The predicted molar refractivity (Wildman–Crippen MR) is 138 cm³/mol. The molecule has 184 valence electrons. The van der Waals surface area contributed by atoms with Crippen LogP contribution < -0.4 is 15.4 Å². The largest absolute Gasteiger partial charge is 0.497 e. The Bertz CT molecular complexity index is 1620. The lowest BCUT2D eigenvalue weighted by Crippen LogP contribution is -2.47. The molecule has 0 saturated carbocycles. The van der Waals surface area contributed by atoms with Gasteiger partial charge in [0.1, 0.15) is 5.75 Å². The Labute approximate surface area is 211 Å². The van der Waals surface area contributed by atoms with Gasteiger partial charge in [-0.05, 0) is 47.0 Å². The number of benzene rings is 3. The molecule has 0 bridgehead atoms. The van der Waals surface area contributed by atoms with Crippen LogP contribution in [-0.4, -0.2) is 38.3 Å². The van der Waals surface area contributed by atoms with Crippen LogP contribution in [0, 0.1) is 0 Å². The maximum Gasteiger partial charge on any atom is 0.322 e. The first-order chi connectivity index (χ1) is 18.0. The Morgan fingerprint density at radius 3 is 2.35 bits per heavy atom. The van der Waals surface area contributed by atoms with Gasteiger partial charge >= 0.3 is 6.03 Å². The monoisotopic (exact) mass is 493 g/mol. The number of carbonyl (C=O) groups excluding carboxylic acids is 2. The molecule has 0 aliphatic carbocycles. The van der Waals surface area contributed by atoms with Crippen molar-refractivity contribution in [1.29, 1.82) is 0 Å². The lowest BCUT2D eigenvalue weighted by Gasteiger charge is -2.27. The number of nitrogens with one attached hydrogen (secondary N) is 2. The number of methoxy groups -OCH3 is 1. The highest BCUT2D eigenvalue weighted by Gasteiger charge is 2.48. The lowest BCUT2D eigenvalue weighted by atomic mass is 9.88. The summed E-state index contributed by atoms with van der Waals surface area (Å²) in [5.41, 5.74) is 2.18. The smallest absolute Gasteiger partial charge is 0.322 e. The molecule has 1 aliphatic heterocycles. The summed E-state index contributed by atoms with van der Waals surface area (Å²) in [6, 6.07) is 20.3. The number of ether oxygens (including phenoxy) is 1. The van der Waals surface area contributed by atoms with Crippen LogP contribution in [0.5, 0.6) is 11.6 Å². The average Bonchev–Trinajstić information content (AvgIpc) is 3.63. The van der Waals surface area contributed by atoms with Gasteiger partial charge in [-0.2, -0.15) is 0 Å². The molecule has 2 aromatic heterocycles. The van der Waals surface area contributed by atoms with Gasteiger partial charge in [-0.15, -0.1) is 0 Å². The summed E-state index contributed by atoms with van der Waals surface area (Å²) >= 11 is 0. The molecule has 3 N–H and O–H groups in total. The number of imide groups is 1. The van der Waals surface area contributed by atoms with Crippen molar-refractivity contribution in [2.75, 3.05) is 7.11 Å². The number of hydrogen-bond donors (Lipinski definition) is 3. The van der Waals surface area contributed by atoms with E-state index in [1.54, 1.807) is 42.5 Å². The van der Waals surface area contributed by atoms with Crippen molar-refractivity contribution in [3.05, 3.63) is 97.2 Å². The average molecular weight is 494 g/mol. The lowest BCUT2D eigenvalue weighted by molar-refractivity contribution is -0.124. The molecule has 0 radical (unpaired) electrons. The summed E-state index contributed by atoms with van der Waals surface area (Å²) in [6.45, 7) is 0.00630. The number of aromatic hydroxyl groups is 1. The van der Waals surface area contributed by atoms with E-state index >= 15 is 0 Å². The van der Waals surface area contributed by atoms with Crippen LogP contribution in [0.2, 0.25) is 0 Å². The van der Waals surface area contributed by atoms with Gasteiger partial charge in [-0.1, -0.05) is 36.4 Å². The van der Waals surface area contributed by atoms with Crippen molar-refractivity contribution in [3.8, 4) is 28.4 Å². The van der Waals surface area contributed by atoms with E-state index in [0.717, 1.165) is 22.2 Å². The number of rotatable bonds is 6. The molecule has 9 heteroatoms. The number of fused-ring (bicyclic) bond motifs is 1. The van der Waals surface area contributed by atoms with Gasteiger partial charge in [0.15, 0.2) is 11.4 Å². The van der Waals surface area contributed by atoms with Gasteiger partial charge in [0.05, 0.1) is 20.0 Å². The third-order valence-corrected chi connectivity index (χ3v) is 6.80. The van der Waals surface area contributed by atoms with Gasteiger partial charge in [0.25, 0.3) is 5.91 Å². The van der Waals surface area contributed by atoms with Gasteiger partial charge < -0.3 is 24.3 Å². The number of hydrogen-bond acceptors (Lipinski definition) is 5. The SMILES string of the molecule is COc1ccc2cn(C[C@@]3(c4ccc(-c5ccc(-n6ccnc6)cc5)cc4)NC(=O)NC3=O)c(O)c2c1. The fraction of sp³-hybridized carbons (Fsp3) is 0.107. The first kappa shape index (κ1) is 22.4. The normalized spacial score (nSPS) is 17.1. The molecule has 5 aromatic rings. The Morgan fingerprint density at radius 1 is 1.00 bits per heavy atom. The van der Waals surface area contributed by atoms with Crippen LogP contribution in [0.3, 0.4) is 0 Å². The van der Waals surface area contributed by atoms with Gasteiger partial charge in [0, 0.05) is 35.1 Å². The van der Waals surface area contributed by atoms with Crippen LogP contribution in [0.1, 0.15) is 5.56 Å². The minimum Gasteiger partial charge on any atom is -0.497 e. The van der Waals surface area contributed by atoms with Crippen molar-refractivity contribution >= 4 is 22.7 Å². The van der Waals surface area contributed by atoms with E-state index in [1.165, 1.54) is 0 Å². The Hall–Kier alpha value is -5.05. The minimum absolute atomic E-state index is 0.00630. The van der Waals surface area contributed by atoms with Crippen molar-refractivity contribution in [2.24, 2.45) is 0 Å². The van der Waals surface area contributed by atoms with Crippen LogP contribution in [0.25, 0.3) is 27.6 Å². The van der Waals surface area contributed by atoms with Gasteiger partial charge in [-0.25, -0.2) is 9.78 Å². The Balaban J connectivity index is 1.34. The molecule has 0 spiro atoms. The second-order valence-corrected chi connectivity index (χ2v) is 8.94. The van der Waals surface area contributed by atoms with Crippen LogP contribution in [0.15, 0.2) is 91.6 Å². The summed E-state index contributed by atoms with van der Waals surface area (Å²) in [5.74, 6) is 0.109. The van der Waals surface area contributed by atoms with E-state index in [2.05, 4.69) is 15.6 Å². The third kappa shape index (κ3) is 3.77. The van der Waals surface area contributed by atoms with E-state index in [1.807, 2.05) is 65.4 Å². The second-order valence-electron chi connectivity index (χ2n) is 8.94. The summed E-state index contributed by atoms with van der Waals surface area (Å²) in [7, 11) is 1.56. The highest BCUT2D eigenvalue weighted by atomic mass is 16.5. The van der Waals surface area contributed by atoms with Crippen molar-refractivity contribution < 1.29 is 19.4 Å². The molecular formula is C28H23N5O4. The predicted octanol–water partition coefficient (Wildman–Crippen LogP) is 3.94. The topological polar surface area (TPSA) is 110 Å². The zero-order valence-electron chi connectivity index (χ0n) is 19.9. The molecule has 1 fully saturated rings. The fourth-order valence-electron chi connectivity index (χ4n) is 4.81. The molecule has 9 nitrogen and oxygen atoms in total. The number of urea groups is 1. The minimum atomic E-state index is -1.39. The van der Waals surface area contributed by atoms with Crippen molar-refractivity contribution in [2.45, 2.75) is 12.1 Å². The fourth-order valence-corrected chi connectivity index (χ4v) is 4.81. The molecule has 3 amide bonds. The molecule has 1 aliphatic rings. The van der Waals surface area contributed by atoms with Gasteiger partial charge in [-0.3, -0.25) is 10.1 Å². The molecule has 1 atom stereocenters. The maximum atomic E-state index is 13.1. The zero-order valence-corrected chi connectivity index (χ0v) is 19.9. The first-order valence-electron chi connectivity index (χ1n) is 11.7.